The first kappa shape index (κ1) is 24.3. The van der Waals surface area contributed by atoms with Gasteiger partial charge in [-0.3, -0.25) is 9.69 Å². The van der Waals surface area contributed by atoms with Gasteiger partial charge in [-0.1, -0.05) is 12.1 Å². The number of furan rings is 1. The molecule has 1 fully saturated rings. The van der Waals surface area contributed by atoms with E-state index in [1.165, 1.54) is 11.8 Å². The second-order valence-corrected chi connectivity index (χ2v) is 6.78. The number of halogens is 2. The Labute approximate surface area is 178 Å². The van der Waals surface area contributed by atoms with Crippen molar-refractivity contribution >= 4 is 30.7 Å². The molecule has 1 aromatic heterocycles. The van der Waals surface area contributed by atoms with Crippen LogP contribution in [-0.4, -0.2) is 37.6 Å². The maximum atomic E-state index is 12.1. The minimum atomic E-state index is -0.0888. The van der Waals surface area contributed by atoms with Crippen LogP contribution in [0.15, 0.2) is 41.0 Å². The Morgan fingerprint density at radius 2 is 1.93 bits per heavy atom. The van der Waals surface area contributed by atoms with Crippen LogP contribution < -0.4 is 15.8 Å². The molecule has 3 rings (SSSR count). The number of carbonyl (C=O) groups excluding carboxylic acids is 1. The zero-order chi connectivity index (χ0) is 18.4. The minimum absolute atomic E-state index is 0. The number of likely N-dealkylation sites (tertiary alicyclic amines) is 1. The fourth-order valence-corrected chi connectivity index (χ4v) is 3.28. The third-order valence-corrected chi connectivity index (χ3v) is 4.94. The topological polar surface area (TPSA) is 80.7 Å². The number of nitrogens with two attached hydrogens (primary N) is 1. The second-order valence-electron chi connectivity index (χ2n) is 6.78. The molecule has 1 aliphatic rings. The van der Waals surface area contributed by atoms with Gasteiger partial charge in [-0.25, -0.2) is 0 Å². The standard InChI is InChI=1S/C20H27N3O3.2ClH/c1-25-18-4-2-16(3-5-18)13-23-8-6-15(7-9-23)12-22-20(24)17-10-19(11-21)26-14-17;;/h2-5,10,14-15H,6-9,11-13,21H2,1H3,(H,22,24);2*1H. The van der Waals surface area contributed by atoms with E-state index in [4.69, 9.17) is 14.9 Å². The Morgan fingerprint density at radius 3 is 2.50 bits per heavy atom. The van der Waals surface area contributed by atoms with E-state index >= 15 is 0 Å². The van der Waals surface area contributed by atoms with Crippen molar-refractivity contribution < 1.29 is 13.9 Å². The van der Waals surface area contributed by atoms with E-state index in [1.54, 1.807) is 13.2 Å². The summed E-state index contributed by atoms with van der Waals surface area (Å²) in [5.41, 5.74) is 7.34. The highest BCUT2D eigenvalue weighted by molar-refractivity contribution is 5.93. The average molecular weight is 430 g/mol. The van der Waals surface area contributed by atoms with E-state index in [-0.39, 0.29) is 30.7 Å². The molecule has 2 aromatic rings. The van der Waals surface area contributed by atoms with Gasteiger partial charge in [0.2, 0.25) is 0 Å². The number of methoxy groups -OCH3 is 1. The van der Waals surface area contributed by atoms with Crippen LogP contribution in [-0.2, 0) is 13.1 Å². The third kappa shape index (κ3) is 6.71. The summed E-state index contributed by atoms with van der Waals surface area (Å²) in [5.74, 6) is 1.95. The summed E-state index contributed by atoms with van der Waals surface area (Å²) in [4.78, 5) is 14.6. The van der Waals surface area contributed by atoms with E-state index in [9.17, 15) is 4.79 Å². The fourth-order valence-electron chi connectivity index (χ4n) is 3.28. The third-order valence-electron chi connectivity index (χ3n) is 4.94. The van der Waals surface area contributed by atoms with Crippen molar-refractivity contribution in [1.82, 2.24) is 10.2 Å². The van der Waals surface area contributed by atoms with Gasteiger partial charge in [0, 0.05) is 13.1 Å². The lowest BCUT2D eigenvalue weighted by atomic mass is 9.96. The number of carbonyl (C=O) groups is 1. The lowest BCUT2D eigenvalue weighted by molar-refractivity contribution is 0.0934. The van der Waals surface area contributed by atoms with Crippen LogP contribution in [0.1, 0.15) is 34.5 Å². The number of hydrogen-bond acceptors (Lipinski definition) is 5. The van der Waals surface area contributed by atoms with Gasteiger partial charge in [0.05, 0.1) is 19.2 Å². The highest BCUT2D eigenvalue weighted by Gasteiger charge is 2.20. The zero-order valence-electron chi connectivity index (χ0n) is 16.1. The van der Waals surface area contributed by atoms with Crippen LogP contribution >= 0.6 is 24.8 Å². The van der Waals surface area contributed by atoms with Gasteiger partial charge in [-0.2, -0.15) is 0 Å². The van der Waals surface area contributed by atoms with E-state index < -0.39 is 0 Å². The SMILES string of the molecule is COc1ccc(CN2CCC(CNC(=O)c3coc(CN)c3)CC2)cc1.Cl.Cl. The number of amides is 1. The largest absolute Gasteiger partial charge is 0.497 e. The molecule has 6 nitrogen and oxygen atoms in total. The lowest BCUT2D eigenvalue weighted by Gasteiger charge is -2.32. The quantitative estimate of drug-likeness (QED) is 0.705. The molecule has 1 aromatic carbocycles. The molecular formula is C20H29Cl2N3O3. The van der Waals surface area contributed by atoms with Gasteiger partial charge in [0.1, 0.15) is 17.8 Å². The first-order valence-electron chi connectivity index (χ1n) is 9.09. The molecule has 1 amide bonds. The molecule has 0 saturated carbocycles. The Balaban J connectivity index is 0.00000196. The molecule has 0 aliphatic carbocycles. The van der Waals surface area contributed by atoms with Crippen LogP contribution in [0, 0.1) is 5.92 Å². The van der Waals surface area contributed by atoms with Crippen molar-refractivity contribution in [1.29, 1.82) is 0 Å². The Bertz CT molecular complexity index is 714. The van der Waals surface area contributed by atoms with Crippen LogP contribution in [0.5, 0.6) is 5.75 Å². The van der Waals surface area contributed by atoms with Crippen molar-refractivity contribution in [3.8, 4) is 5.75 Å². The van der Waals surface area contributed by atoms with E-state index in [0.29, 0.717) is 30.3 Å². The number of ether oxygens (including phenoxy) is 1. The summed E-state index contributed by atoms with van der Waals surface area (Å²) in [7, 11) is 1.68. The molecule has 1 aliphatic heterocycles. The number of nitrogens with one attached hydrogen (secondary N) is 1. The first-order chi connectivity index (χ1) is 12.7. The van der Waals surface area contributed by atoms with Crippen molar-refractivity contribution in [2.75, 3.05) is 26.7 Å². The Morgan fingerprint density at radius 1 is 1.25 bits per heavy atom. The normalized spacial score (nSPS) is 14.6. The molecule has 3 N–H and O–H groups in total. The first-order valence-corrected chi connectivity index (χ1v) is 9.09. The van der Waals surface area contributed by atoms with Crippen molar-refractivity contribution in [2.45, 2.75) is 25.9 Å². The van der Waals surface area contributed by atoms with E-state index in [2.05, 4.69) is 22.3 Å². The van der Waals surface area contributed by atoms with Gasteiger partial charge in [0.25, 0.3) is 5.91 Å². The van der Waals surface area contributed by atoms with Gasteiger partial charge in [-0.15, -0.1) is 24.8 Å². The van der Waals surface area contributed by atoms with Crippen LogP contribution in [0.4, 0.5) is 0 Å². The molecule has 2 heterocycles. The minimum Gasteiger partial charge on any atom is -0.497 e. The van der Waals surface area contributed by atoms with E-state index in [1.807, 2.05) is 12.1 Å². The van der Waals surface area contributed by atoms with Crippen molar-refractivity contribution in [3.05, 3.63) is 53.5 Å². The van der Waals surface area contributed by atoms with Crippen LogP contribution in [0.25, 0.3) is 0 Å². The highest BCUT2D eigenvalue weighted by Crippen LogP contribution is 2.20. The lowest BCUT2D eigenvalue weighted by Crippen LogP contribution is -2.38. The molecule has 8 heteroatoms. The van der Waals surface area contributed by atoms with Gasteiger partial charge < -0.3 is 20.2 Å². The summed E-state index contributed by atoms with van der Waals surface area (Å²) in [6.45, 7) is 4.07. The van der Waals surface area contributed by atoms with Crippen LogP contribution in [0.2, 0.25) is 0 Å². The number of hydrogen-bond donors (Lipinski definition) is 2. The molecule has 0 bridgehead atoms. The highest BCUT2D eigenvalue weighted by atomic mass is 35.5. The van der Waals surface area contributed by atoms with Gasteiger partial charge in [0.15, 0.2) is 0 Å². The summed E-state index contributed by atoms with van der Waals surface area (Å²) in [5, 5.41) is 3.01. The summed E-state index contributed by atoms with van der Waals surface area (Å²) in [6, 6.07) is 9.94. The molecule has 0 radical (unpaired) electrons. The maximum absolute atomic E-state index is 12.1. The van der Waals surface area contributed by atoms with Crippen molar-refractivity contribution in [2.24, 2.45) is 11.7 Å². The van der Waals surface area contributed by atoms with Gasteiger partial charge in [-0.05, 0) is 55.6 Å². The number of benzene rings is 1. The predicted octanol–water partition coefficient (Wildman–Crippen LogP) is 3.23. The number of piperidine rings is 1. The van der Waals surface area contributed by atoms with Crippen LogP contribution in [0.3, 0.4) is 0 Å². The Kier molecular flexibility index (Phi) is 10.4. The molecular weight excluding hydrogens is 401 g/mol. The fraction of sp³-hybridized carbons (Fsp3) is 0.450. The van der Waals surface area contributed by atoms with Crippen molar-refractivity contribution in [3.63, 3.8) is 0 Å². The summed E-state index contributed by atoms with van der Waals surface area (Å²) < 4.78 is 10.4. The van der Waals surface area contributed by atoms with E-state index in [0.717, 1.165) is 38.2 Å². The average Bonchev–Trinajstić information content (AvgIpc) is 3.17. The molecule has 28 heavy (non-hydrogen) atoms. The maximum Gasteiger partial charge on any atom is 0.254 e. The second kappa shape index (κ2) is 12.0. The Hall–Kier alpha value is -1.73. The predicted molar refractivity (Wildman–Crippen MR) is 114 cm³/mol. The van der Waals surface area contributed by atoms with Gasteiger partial charge >= 0.3 is 0 Å². The molecule has 0 atom stereocenters. The summed E-state index contributed by atoms with van der Waals surface area (Å²) in [6.07, 6.45) is 3.65. The molecule has 0 unspecified atom stereocenters. The smallest absolute Gasteiger partial charge is 0.254 e. The number of nitrogens with zero attached hydrogens (tertiary/aromatic N) is 1. The number of rotatable bonds is 7. The molecule has 156 valence electrons. The molecule has 1 saturated heterocycles. The zero-order valence-corrected chi connectivity index (χ0v) is 17.7. The molecule has 0 spiro atoms. The monoisotopic (exact) mass is 429 g/mol. The summed E-state index contributed by atoms with van der Waals surface area (Å²) >= 11 is 0.